The fourth-order valence-electron chi connectivity index (χ4n) is 1.90. The molecule has 1 saturated heterocycles. The Hall–Kier alpha value is -0.820. The number of hydrogen-bond donors (Lipinski definition) is 2. The molecule has 0 aliphatic carbocycles. The van der Waals surface area contributed by atoms with Crippen molar-refractivity contribution in [3.8, 4) is 0 Å². The Morgan fingerprint density at radius 3 is 3.05 bits per heavy atom. The van der Waals surface area contributed by atoms with Crippen LogP contribution in [0.4, 0.5) is 9.93 Å². The first kappa shape index (κ1) is 14.6. The molecule has 1 aromatic heterocycles. The predicted molar refractivity (Wildman–Crippen MR) is 81.0 cm³/mol. The number of urea groups is 1. The van der Waals surface area contributed by atoms with Gasteiger partial charge >= 0.3 is 6.03 Å². The number of hydrogen-bond acceptors (Lipinski definition) is 5. The molecule has 1 aliphatic heterocycles. The van der Waals surface area contributed by atoms with Crippen molar-refractivity contribution in [1.82, 2.24) is 15.5 Å². The molecule has 0 bridgehead atoms. The number of nitrogens with one attached hydrogen (secondary N) is 2. The summed E-state index contributed by atoms with van der Waals surface area (Å²) < 4.78 is 0. The number of aromatic nitrogens is 2. The van der Waals surface area contributed by atoms with Crippen LogP contribution in [0.5, 0.6) is 0 Å². The lowest BCUT2D eigenvalue weighted by molar-refractivity contribution is 0.249. The average molecular weight is 300 g/mol. The summed E-state index contributed by atoms with van der Waals surface area (Å²) in [5.74, 6) is 2.14. The summed E-state index contributed by atoms with van der Waals surface area (Å²) in [6, 6.07) is 0.130. The minimum Gasteiger partial charge on any atom is -0.334 e. The van der Waals surface area contributed by atoms with Gasteiger partial charge in [0.05, 0.1) is 0 Å². The Bertz CT molecular complexity index is 404. The Morgan fingerprint density at radius 1 is 1.42 bits per heavy atom. The lowest BCUT2D eigenvalue weighted by Crippen LogP contribution is -2.37. The number of aryl methyl sites for hydroxylation is 1. The van der Waals surface area contributed by atoms with Crippen molar-refractivity contribution in [1.29, 1.82) is 0 Å². The van der Waals surface area contributed by atoms with E-state index in [0.717, 1.165) is 35.8 Å². The minimum atomic E-state index is -0.163. The Kier molecular flexibility index (Phi) is 5.91. The van der Waals surface area contributed by atoms with E-state index in [1.807, 2.05) is 11.8 Å². The second-order valence-corrected chi connectivity index (χ2v) is 6.83. The van der Waals surface area contributed by atoms with E-state index in [-0.39, 0.29) is 6.03 Å². The molecule has 5 nitrogen and oxygen atoms in total. The molecule has 2 heterocycles. The topological polar surface area (TPSA) is 66.9 Å². The number of unbranched alkanes of at least 4 members (excludes halogenated alkanes) is 2. The number of amides is 2. The van der Waals surface area contributed by atoms with Gasteiger partial charge in [0.25, 0.3) is 0 Å². The van der Waals surface area contributed by atoms with Crippen molar-refractivity contribution < 1.29 is 4.79 Å². The third-order valence-electron chi connectivity index (χ3n) is 2.95. The first-order valence-electron chi connectivity index (χ1n) is 6.75. The maximum atomic E-state index is 11.7. The first-order chi connectivity index (χ1) is 9.28. The predicted octanol–water partition coefficient (Wildman–Crippen LogP) is 2.90. The highest BCUT2D eigenvalue weighted by atomic mass is 32.2. The van der Waals surface area contributed by atoms with Gasteiger partial charge in [-0.2, -0.15) is 11.8 Å². The van der Waals surface area contributed by atoms with Gasteiger partial charge < -0.3 is 5.32 Å². The monoisotopic (exact) mass is 300 g/mol. The quantitative estimate of drug-likeness (QED) is 0.793. The SMILES string of the molecule is CCCCCc1nnc(NC(=O)N[C@@H]2CCSC2)s1. The molecular formula is C12H20N4OS2. The van der Waals surface area contributed by atoms with E-state index < -0.39 is 0 Å². The summed E-state index contributed by atoms with van der Waals surface area (Å²) in [5.41, 5.74) is 0. The Labute approximate surface area is 122 Å². The van der Waals surface area contributed by atoms with E-state index in [9.17, 15) is 4.79 Å². The summed E-state index contributed by atoms with van der Waals surface area (Å²) in [7, 11) is 0. The number of anilines is 1. The van der Waals surface area contributed by atoms with E-state index in [1.54, 1.807) is 0 Å². The van der Waals surface area contributed by atoms with E-state index in [2.05, 4.69) is 27.8 Å². The van der Waals surface area contributed by atoms with Crippen LogP contribution in [0.15, 0.2) is 0 Å². The van der Waals surface area contributed by atoms with Gasteiger partial charge in [-0.1, -0.05) is 31.1 Å². The molecule has 1 aliphatic rings. The van der Waals surface area contributed by atoms with E-state index in [0.29, 0.717) is 11.2 Å². The largest absolute Gasteiger partial charge is 0.334 e. The van der Waals surface area contributed by atoms with Gasteiger partial charge in [-0.25, -0.2) is 4.79 Å². The molecule has 0 aromatic carbocycles. The maximum Gasteiger partial charge on any atom is 0.321 e. The Morgan fingerprint density at radius 2 is 2.32 bits per heavy atom. The van der Waals surface area contributed by atoms with Crippen molar-refractivity contribution in [3.63, 3.8) is 0 Å². The lowest BCUT2D eigenvalue weighted by atomic mass is 10.2. The smallest absolute Gasteiger partial charge is 0.321 e. The van der Waals surface area contributed by atoms with Gasteiger partial charge in [-0.05, 0) is 18.6 Å². The summed E-state index contributed by atoms with van der Waals surface area (Å²) in [6.07, 6.45) is 5.55. The highest BCUT2D eigenvalue weighted by molar-refractivity contribution is 7.99. The third kappa shape index (κ3) is 4.99. The third-order valence-corrected chi connectivity index (χ3v) is 5.01. The molecular weight excluding hydrogens is 280 g/mol. The number of carbonyl (C=O) groups excluding carboxylic acids is 1. The minimum absolute atomic E-state index is 0.163. The van der Waals surface area contributed by atoms with Crippen LogP contribution in [0.1, 0.15) is 37.6 Å². The zero-order valence-corrected chi connectivity index (χ0v) is 12.8. The van der Waals surface area contributed by atoms with E-state index in [4.69, 9.17) is 0 Å². The standard InChI is InChI=1S/C12H20N4OS2/c1-2-3-4-5-10-15-16-12(19-10)14-11(17)13-9-6-7-18-8-9/h9H,2-8H2,1H3,(H2,13,14,16,17)/t9-/m1/s1. The molecule has 0 unspecified atom stereocenters. The normalized spacial score (nSPS) is 18.5. The summed E-state index contributed by atoms with van der Waals surface area (Å²) in [6.45, 7) is 2.18. The molecule has 2 rings (SSSR count). The van der Waals surface area contributed by atoms with Crippen molar-refractivity contribution >= 4 is 34.3 Å². The highest BCUT2D eigenvalue weighted by Crippen LogP contribution is 2.19. The van der Waals surface area contributed by atoms with E-state index >= 15 is 0 Å². The summed E-state index contributed by atoms with van der Waals surface area (Å²) in [5, 5.41) is 15.4. The van der Waals surface area contributed by atoms with E-state index in [1.165, 1.54) is 24.2 Å². The van der Waals surface area contributed by atoms with Crippen molar-refractivity contribution in [2.75, 3.05) is 16.8 Å². The molecule has 106 valence electrons. The zero-order chi connectivity index (χ0) is 13.5. The van der Waals surface area contributed by atoms with Crippen LogP contribution in [-0.4, -0.2) is 33.8 Å². The molecule has 7 heteroatoms. The second kappa shape index (κ2) is 7.69. The maximum absolute atomic E-state index is 11.7. The van der Waals surface area contributed by atoms with Crippen LogP contribution < -0.4 is 10.6 Å². The second-order valence-electron chi connectivity index (χ2n) is 4.62. The van der Waals surface area contributed by atoms with Gasteiger partial charge in [0.2, 0.25) is 5.13 Å². The molecule has 2 N–H and O–H groups in total. The molecule has 19 heavy (non-hydrogen) atoms. The van der Waals surface area contributed by atoms with Crippen molar-refractivity contribution in [2.45, 2.75) is 45.1 Å². The van der Waals surface area contributed by atoms with Gasteiger partial charge in [-0.15, -0.1) is 10.2 Å². The van der Waals surface area contributed by atoms with Crippen LogP contribution in [0.2, 0.25) is 0 Å². The fourth-order valence-corrected chi connectivity index (χ4v) is 3.83. The van der Waals surface area contributed by atoms with Gasteiger partial charge in [0.15, 0.2) is 0 Å². The molecule has 1 atom stereocenters. The van der Waals surface area contributed by atoms with Gasteiger partial charge in [-0.3, -0.25) is 5.32 Å². The van der Waals surface area contributed by atoms with Gasteiger partial charge in [0.1, 0.15) is 5.01 Å². The molecule has 0 spiro atoms. The molecule has 2 amide bonds. The van der Waals surface area contributed by atoms with Crippen LogP contribution in [0.25, 0.3) is 0 Å². The van der Waals surface area contributed by atoms with Crippen molar-refractivity contribution in [2.24, 2.45) is 0 Å². The Balaban J connectivity index is 1.73. The van der Waals surface area contributed by atoms with Crippen molar-refractivity contribution in [3.05, 3.63) is 5.01 Å². The fraction of sp³-hybridized carbons (Fsp3) is 0.750. The van der Waals surface area contributed by atoms with Crippen LogP contribution in [0, 0.1) is 0 Å². The number of carbonyl (C=O) groups is 1. The molecule has 0 saturated carbocycles. The number of rotatable bonds is 6. The van der Waals surface area contributed by atoms with Crippen LogP contribution in [-0.2, 0) is 6.42 Å². The van der Waals surface area contributed by atoms with Crippen LogP contribution >= 0.6 is 23.1 Å². The first-order valence-corrected chi connectivity index (χ1v) is 8.72. The lowest BCUT2D eigenvalue weighted by Gasteiger charge is -2.10. The number of nitrogens with zero attached hydrogens (tertiary/aromatic N) is 2. The highest BCUT2D eigenvalue weighted by Gasteiger charge is 2.18. The van der Waals surface area contributed by atoms with Gasteiger partial charge in [0, 0.05) is 18.2 Å². The molecule has 1 fully saturated rings. The average Bonchev–Trinajstić information content (AvgIpc) is 3.02. The molecule has 1 aromatic rings. The number of thioether (sulfide) groups is 1. The summed E-state index contributed by atoms with van der Waals surface area (Å²) >= 11 is 3.35. The summed E-state index contributed by atoms with van der Waals surface area (Å²) in [4.78, 5) is 11.7. The van der Waals surface area contributed by atoms with Crippen LogP contribution in [0.3, 0.4) is 0 Å². The zero-order valence-electron chi connectivity index (χ0n) is 11.1. The molecule has 0 radical (unpaired) electrons.